The smallest absolute Gasteiger partial charge is 0.248 e. The molecule has 3 nitrogen and oxygen atoms in total. The predicted molar refractivity (Wildman–Crippen MR) is 58.2 cm³/mol. The van der Waals surface area contributed by atoms with Crippen LogP contribution in [0, 0.1) is 0 Å². The lowest BCUT2D eigenvalue weighted by atomic mass is 10.2. The molecule has 0 bridgehead atoms. The third-order valence-electron chi connectivity index (χ3n) is 2.30. The van der Waals surface area contributed by atoms with Crippen LogP contribution in [0.4, 0.5) is 0 Å². The Kier molecular flexibility index (Phi) is 6.54. The summed E-state index contributed by atoms with van der Waals surface area (Å²) < 4.78 is 5.26. The van der Waals surface area contributed by atoms with E-state index < -0.39 is 0 Å². The van der Waals surface area contributed by atoms with Gasteiger partial charge in [-0.25, -0.2) is 0 Å². The van der Waals surface area contributed by atoms with Gasteiger partial charge >= 0.3 is 0 Å². The monoisotopic (exact) mass is 201 g/mol. The molecule has 0 aliphatic carbocycles. The summed E-state index contributed by atoms with van der Waals surface area (Å²) in [6, 6.07) is 0.309. The zero-order chi connectivity index (χ0) is 11.1. The number of hydrogen-bond acceptors (Lipinski definition) is 2. The molecular weight excluding hydrogens is 178 g/mol. The number of carbonyl (C=O) groups is 1. The number of carbonyl (C=O) groups excluding carboxylic acids is 1. The van der Waals surface area contributed by atoms with E-state index in [2.05, 4.69) is 13.8 Å². The molecule has 0 saturated heterocycles. The fourth-order valence-corrected chi connectivity index (χ4v) is 1.20. The number of ether oxygens (including phenoxy) is 1. The van der Waals surface area contributed by atoms with Crippen LogP contribution >= 0.6 is 0 Å². The SMILES string of the molecule is CCCC(C)N(C)C(=O)COC(C)C. The van der Waals surface area contributed by atoms with E-state index in [0.29, 0.717) is 6.04 Å². The topological polar surface area (TPSA) is 29.5 Å². The van der Waals surface area contributed by atoms with Crippen molar-refractivity contribution in [3.8, 4) is 0 Å². The van der Waals surface area contributed by atoms with Crippen molar-refractivity contribution in [2.24, 2.45) is 0 Å². The second-order valence-corrected chi connectivity index (χ2v) is 4.00. The van der Waals surface area contributed by atoms with Gasteiger partial charge in [-0.3, -0.25) is 4.79 Å². The Morgan fingerprint density at radius 1 is 1.36 bits per heavy atom. The van der Waals surface area contributed by atoms with E-state index in [1.165, 1.54) is 0 Å². The Bertz CT molecular complexity index is 169. The highest BCUT2D eigenvalue weighted by atomic mass is 16.5. The minimum Gasteiger partial charge on any atom is -0.369 e. The molecule has 0 aromatic rings. The molecule has 0 aromatic heterocycles. The molecule has 0 N–H and O–H groups in total. The van der Waals surface area contributed by atoms with Crippen LogP contribution in [-0.4, -0.2) is 36.6 Å². The fourth-order valence-electron chi connectivity index (χ4n) is 1.20. The van der Waals surface area contributed by atoms with Crippen molar-refractivity contribution in [1.29, 1.82) is 0 Å². The molecule has 0 aliphatic heterocycles. The van der Waals surface area contributed by atoms with Crippen molar-refractivity contribution in [3.63, 3.8) is 0 Å². The van der Waals surface area contributed by atoms with Gasteiger partial charge in [0.15, 0.2) is 0 Å². The first-order chi connectivity index (χ1) is 6.49. The van der Waals surface area contributed by atoms with Gasteiger partial charge in [0.05, 0.1) is 6.10 Å². The molecule has 1 amide bonds. The molecule has 3 heteroatoms. The minimum absolute atomic E-state index is 0.0691. The standard InChI is InChI=1S/C11H23NO2/c1-6-7-10(4)12(5)11(13)8-14-9(2)3/h9-10H,6-8H2,1-5H3. The minimum atomic E-state index is 0.0691. The highest BCUT2D eigenvalue weighted by Gasteiger charge is 2.14. The summed E-state index contributed by atoms with van der Waals surface area (Å²) in [5.41, 5.74) is 0. The maximum absolute atomic E-state index is 11.6. The summed E-state index contributed by atoms with van der Waals surface area (Å²) in [5.74, 6) is 0.0691. The number of rotatable bonds is 6. The molecule has 0 fully saturated rings. The van der Waals surface area contributed by atoms with E-state index in [9.17, 15) is 4.79 Å². The molecular formula is C11H23NO2. The van der Waals surface area contributed by atoms with Gasteiger partial charge in [0.2, 0.25) is 5.91 Å². The van der Waals surface area contributed by atoms with E-state index >= 15 is 0 Å². The first kappa shape index (κ1) is 13.4. The molecule has 1 unspecified atom stereocenters. The number of likely N-dealkylation sites (N-methyl/N-ethyl adjacent to an activating group) is 1. The van der Waals surface area contributed by atoms with Crippen molar-refractivity contribution in [3.05, 3.63) is 0 Å². The quantitative estimate of drug-likeness (QED) is 0.658. The van der Waals surface area contributed by atoms with E-state index in [1.807, 2.05) is 20.9 Å². The summed E-state index contributed by atoms with van der Waals surface area (Å²) in [7, 11) is 1.84. The van der Waals surface area contributed by atoms with E-state index in [0.717, 1.165) is 12.8 Å². The lowest BCUT2D eigenvalue weighted by Gasteiger charge is -2.24. The van der Waals surface area contributed by atoms with Crippen LogP contribution in [-0.2, 0) is 9.53 Å². The predicted octanol–water partition coefficient (Wildman–Crippen LogP) is 2.06. The normalized spacial score (nSPS) is 13.0. The second-order valence-electron chi connectivity index (χ2n) is 4.00. The van der Waals surface area contributed by atoms with E-state index in [1.54, 1.807) is 4.90 Å². The molecule has 0 radical (unpaired) electrons. The second kappa shape index (κ2) is 6.82. The zero-order valence-electron chi connectivity index (χ0n) is 10.0. The number of amides is 1. The molecule has 0 aliphatic rings. The van der Waals surface area contributed by atoms with Crippen molar-refractivity contribution in [2.45, 2.75) is 52.7 Å². The van der Waals surface area contributed by atoms with Crippen molar-refractivity contribution >= 4 is 5.91 Å². The van der Waals surface area contributed by atoms with Crippen LogP contribution < -0.4 is 0 Å². The Balaban J connectivity index is 3.86. The lowest BCUT2D eigenvalue weighted by Crippen LogP contribution is -2.37. The summed E-state index contributed by atoms with van der Waals surface area (Å²) in [4.78, 5) is 13.3. The third-order valence-corrected chi connectivity index (χ3v) is 2.30. The molecule has 1 atom stereocenters. The van der Waals surface area contributed by atoms with Gasteiger partial charge in [0, 0.05) is 13.1 Å². The number of hydrogen-bond donors (Lipinski definition) is 0. The molecule has 0 heterocycles. The molecule has 0 saturated carbocycles. The summed E-state index contributed by atoms with van der Waals surface area (Å²) in [5, 5.41) is 0. The van der Waals surface area contributed by atoms with E-state index in [-0.39, 0.29) is 18.6 Å². The maximum atomic E-state index is 11.6. The Hall–Kier alpha value is -0.570. The van der Waals surface area contributed by atoms with Gasteiger partial charge in [-0.2, -0.15) is 0 Å². The Morgan fingerprint density at radius 2 is 1.93 bits per heavy atom. The largest absolute Gasteiger partial charge is 0.369 e. The van der Waals surface area contributed by atoms with Gasteiger partial charge in [0.25, 0.3) is 0 Å². The van der Waals surface area contributed by atoms with Crippen molar-refractivity contribution in [2.75, 3.05) is 13.7 Å². The highest BCUT2D eigenvalue weighted by molar-refractivity contribution is 5.77. The van der Waals surface area contributed by atoms with Crippen LogP contribution in [0.25, 0.3) is 0 Å². The summed E-state index contributed by atoms with van der Waals surface area (Å²) >= 11 is 0. The van der Waals surface area contributed by atoms with E-state index in [4.69, 9.17) is 4.74 Å². The zero-order valence-corrected chi connectivity index (χ0v) is 10.0. The first-order valence-electron chi connectivity index (χ1n) is 5.36. The van der Waals surface area contributed by atoms with Crippen LogP contribution in [0.3, 0.4) is 0 Å². The van der Waals surface area contributed by atoms with Gasteiger partial charge in [-0.15, -0.1) is 0 Å². The molecule has 0 spiro atoms. The average Bonchev–Trinajstić information content (AvgIpc) is 2.13. The Morgan fingerprint density at radius 3 is 2.36 bits per heavy atom. The maximum Gasteiger partial charge on any atom is 0.248 e. The lowest BCUT2D eigenvalue weighted by molar-refractivity contribution is -0.138. The van der Waals surface area contributed by atoms with Gasteiger partial charge in [-0.1, -0.05) is 13.3 Å². The van der Waals surface area contributed by atoms with Crippen molar-refractivity contribution in [1.82, 2.24) is 4.90 Å². The van der Waals surface area contributed by atoms with Crippen LogP contribution in [0.2, 0.25) is 0 Å². The molecule has 14 heavy (non-hydrogen) atoms. The first-order valence-corrected chi connectivity index (χ1v) is 5.36. The van der Waals surface area contributed by atoms with Crippen LogP contribution in [0.5, 0.6) is 0 Å². The fraction of sp³-hybridized carbons (Fsp3) is 0.909. The molecule has 0 rings (SSSR count). The van der Waals surface area contributed by atoms with Gasteiger partial charge < -0.3 is 9.64 Å². The molecule has 84 valence electrons. The van der Waals surface area contributed by atoms with Gasteiger partial charge in [0.1, 0.15) is 6.61 Å². The summed E-state index contributed by atoms with van der Waals surface area (Å²) in [6.45, 7) is 8.25. The average molecular weight is 201 g/mol. The van der Waals surface area contributed by atoms with Gasteiger partial charge in [-0.05, 0) is 27.2 Å². The summed E-state index contributed by atoms with van der Waals surface area (Å²) in [6.07, 6.45) is 2.27. The molecule has 0 aromatic carbocycles. The van der Waals surface area contributed by atoms with Crippen LogP contribution in [0.1, 0.15) is 40.5 Å². The van der Waals surface area contributed by atoms with Crippen LogP contribution in [0.15, 0.2) is 0 Å². The number of nitrogens with zero attached hydrogens (tertiary/aromatic N) is 1. The van der Waals surface area contributed by atoms with Crippen molar-refractivity contribution < 1.29 is 9.53 Å². The third kappa shape index (κ3) is 5.22. The highest BCUT2D eigenvalue weighted by Crippen LogP contribution is 2.04. The Labute approximate surface area is 87.4 Å².